The van der Waals surface area contributed by atoms with Crippen LogP contribution in [0.25, 0.3) is 10.7 Å². The van der Waals surface area contributed by atoms with Crippen molar-refractivity contribution in [3.8, 4) is 16.5 Å². The SMILES string of the molecule is CCn1c(S[C@H](C)C(=O)c2ccc(OC)cc2)nnc1-c1cccs1. The van der Waals surface area contributed by atoms with Crippen LogP contribution in [0.1, 0.15) is 24.2 Å². The number of Topliss-reactive ketones (excluding diaryl/α,β-unsaturated/α-hetero) is 1. The number of benzene rings is 1. The first-order valence-corrected chi connectivity index (χ1v) is 9.72. The molecule has 5 nitrogen and oxygen atoms in total. The molecule has 0 aliphatic heterocycles. The zero-order valence-electron chi connectivity index (χ0n) is 14.3. The molecule has 0 spiro atoms. The summed E-state index contributed by atoms with van der Waals surface area (Å²) in [6.07, 6.45) is 0. The minimum Gasteiger partial charge on any atom is -0.497 e. The zero-order valence-corrected chi connectivity index (χ0v) is 15.9. The Morgan fingerprint density at radius 2 is 2.04 bits per heavy atom. The van der Waals surface area contributed by atoms with E-state index < -0.39 is 0 Å². The lowest BCUT2D eigenvalue weighted by atomic mass is 10.1. The van der Waals surface area contributed by atoms with Crippen molar-refractivity contribution in [3.63, 3.8) is 0 Å². The van der Waals surface area contributed by atoms with Crippen molar-refractivity contribution in [2.24, 2.45) is 0 Å². The Morgan fingerprint density at radius 1 is 1.28 bits per heavy atom. The predicted molar refractivity (Wildman–Crippen MR) is 102 cm³/mol. The molecule has 0 bridgehead atoms. The molecule has 0 aliphatic carbocycles. The van der Waals surface area contributed by atoms with Gasteiger partial charge in [0.2, 0.25) is 0 Å². The number of aromatic nitrogens is 3. The number of carbonyl (C=O) groups excluding carboxylic acids is 1. The summed E-state index contributed by atoms with van der Waals surface area (Å²) < 4.78 is 7.19. The highest BCUT2D eigenvalue weighted by molar-refractivity contribution is 8.00. The molecule has 130 valence electrons. The lowest BCUT2D eigenvalue weighted by molar-refractivity contribution is 0.0994. The first kappa shape index (κ1) is 17.7. The van der Waals surface area contributed by atoms with Gasteiger partial charge in [0.25, 0.3) is 0 Å². The second-order valence-corrected chi connectivity index (χ2v) is 7.64. The summed E-state index contributed by atoms with van der Waals surface area (Å²) in [6.45, 7) is 4.71. The van der Waals surface area contributed by atoms with Crippen LogP contribution in [-0.2, 0) is 6.54 Å². The summed E-state index contributed by atoms with van der Waals surface area (Å²) >= 11 is 3.07. The minimum absolute atomic E-state index is 0.0657. The molecule has 0 aliphatic rings. The lowest BCUT2D eigenvalue weighted by Crippen LogP contribution is -2.14. The van der Waals surface area contributed by atoms with E-state index in [0.29, 0.717) is 5.56 Å². The molecule has 2 heterocycles. The molecule has 1 aromatic carbocycles. The molecule has 0 fully saturated rings. The summed E-state index contributed by atoms with van der Waals surface area (Å²) in [6, 6.07) is 11.2. The molecule has 0 unspecified atom stereocenters. The Bertz CT molecular complexity index is 842. The molecule has 2 aromatic heterocycles. The third-order valence-corrected chi connectivity index (χ3v) is 5.75. The van der Waals surface area contributed by atoms with Gasteiger partial charge in [-0.1, -0.05) is 17.8 Å². The van der Waals surface area contributed by atoms with Crippen LogP contribution < -0.4 is 4.74 Å². The van der Waals surface area contributed by atoms with E-state index in [1.165, 1.54) is 11.8 Å². The molecule has 3 rings (SSSR count). The molecule has 0 saturated carbocycles. The van der Waals surface area contributed by atoms with E-state index in [0.717, 1.165) is 28.2 Å². The minimum atomic E-state index is -0.251. The van der Waals surface area contributed by atoms with Gasteiger partial charge in [0.15, 0.2) is 16.8 Å². The Hall–Kier alpha value is -2.12. The van der Waals surface area contributed by atoms with Gasteiger partial charge in [0.05, 0.1) is 17.2 Å². The van der Waals surface area contributed by atoms with Crippen LogP contribution >= 0.6 is 23.1 Å². The Balaban J connectivity index is 1.78. The maximum atomic E-state index is 12.7. The average molecular weight is 374 g/mol. The van der Waals surface area contributed by atoms with E-state index in [1.54, 1.807) is 42.7 Å². The number of thiophene rings is 1. The van der Waals surface area contributed by atoms with Crippen molar-refractivity contribution in [3.05, 3.63) is 47.3 Å². The molecule has 7 heteroatoms. The fraction of sp³-hybridized carbons (Fsp3) is 0.278. The molecule has 0 radical (unpaired) electrons. The Kier molecular flexibility index (Phi) is 5.55. The summed E-state index contributed by atoms with van der Waals surface area (Å²) in [5, 5.41) is 11.1. The second-order valence-electron chi connectivity index (χ2n) is 5.38. The highest BCUT2D eigenvalue weighted by atomic mass is 32.2. The van der Waals surface area contributed by atoms with Gasteiger partial charge in [0.1, 0.15) is 5.75 Å². The monoisotopic (exact) mass is 373 g/mol. The summed E-state index contributed by atoms with van der Waals surface area (Å²) in [4.78, 5) is 13.7. The van der Waals surface area contributed by atoms with E-state index in [1.807, 2.05) is 29.0 Å². The van der Waals surface area contributed by atoms with Crippen LogP contribution in [0.4, 0.5) is 0 Å². The quantitative estimate of drug-likeness (QED) is 0.454. The number of methoxy groups -OCH3 is 1. The third kappa shape index (κ3) is 3.77. The van der Waals surface area contributed by atoms with Crippen LogP contribution in [0.15, 0.2) is 46.9 Å². The van der Waals surface area contributed by atoms with E-state index in [-0.39, 0.29) is 11.0 Å². The van der Waals surface area contributed by atoms with Crippen molar-refractivity contribution in [1.82, 2.24) is 14.8 Å². The number of hydrogen-bond donors (Lipinski definition) is 0. The number of ether oxygens (including phenoxy) is 1. The van der Waals surface area contributed by atoms with Crippen molar-refractivity contribution in [1.29, 1.82) is 0 Å². The van der Waals surface area contributed by atoms with Crippen LogP contribution in [0, 0.1) is 0 Å². The molecule has 3 aromatic rings. The van der Waals surface area contributed by atoms with Crippen LogP contribution in [0.2, 0.25) is 0 Å². The number of thioether (sulfide) groups is 1. The smallest absolute Gasteiger partial charge is 0.192 e. The van der Waals surface area contributed by atoms with Gasteiger partial charge in [-0.2, -0.15) is 0 Å². The Labute approximate surface area is 155 Å². The first-order chi connectivity index (χ1) is 12.1. The standard InChI is InChI=1S/C18H19N3O2S2/c1-4-21-17(15-6-5-11-24-15)19-20-18(21)25-12(2)16(22)13-7-9-14(23-3)10-8-13/h5-12H,4H2,1-3H3/t12-/m1/s1. The summed E-state index contributed by atoms with van der Waals surface area (Å²) in [7, 11) is 1.61. The van der Waals surface area contributed by atoms with Gasteiger partial charge in [-0.3, -0.25) is 4.79 Å². The van der Waals surface area contributed by atoms with Gasteiger partial charge in [-0.05, 0) is 49.6 Å². The fourth-order valence-electron chi connectivity index (χ4n) is 2.45. The molecule has 0 saturated heterocycles. The third-order valence-electron chi connectivity index (χ3n) is 3.80. The Morgan fingerprint density at radius 3 is 2.64 bits per heavy atom. The van der Waals surface area contributed by atoms with Gasteiger partial charge in [0, 0.05) is 12.1 Å². The predicted octanol–water partition coefficient (Wildman–Crippen LogP) is 4.40. The number of nitrogens with zero attached hydrogens (tertiary/aromatic N) is 3. The van der Waals surface area contributed by atoms with E-state index in [4.69, 9.17) is 4.74 Å². The maximum Gasteiger partial charge on any atom is 0.192 e. The summed E-state index contributed by atoms with van der Waals surface area (Å²) in [5.74, 6) is 1.66. The van der Waals surface area contributed by atoms with E-state index in [9.17, 15) is 4.79 Å². The largest absolute Gasteiger partial charge is 0.497 e. The first-order valence-electron chi connectivity index (χ1n) is 7.96. The number of carbonyl (C=O) groups is 1. The molecule has 25 heavy (non-hydrogen) atoms. The highest BCUT2D eigenvalue weighted by Crippen LogP contribution is 2.30. The molecule has 1 atom stereocenters. The maximum absolute atomic E-state index is 12.7. The molecular formula is C18H19N3O2S2. The number of ketones is 1. The number of hydrogen-bond acceptors (Lipinski definition) is 6. The topological polar surface area (TPSA) is 57.0 Å². The van der Waals surface area contributed by atoms with Crippen molar-refractivity contribution < 1.29 is 9.53 Å². The van der Waals surface area contributed by atoms with Crippen molar-refractivity contribution in [2.45, 2.75) is 30.8 Å². The second kappa shape index (κ2) is 7.84. The summed E-state index contributed by atoms with van der Waals surface area (Å²) in [5.41, 5.74) is 0.668. The normalized spacial score (nSPS) is 12.1. The molecule has 0 N–H and O–H groups in total. The van der Waals surface area contributed by atoms with E-state index >= 15 is 0 Å². The van der Waals surface area contributed by atoms with Crippen LogP contribution in [0.3, 0.4) is 0 Å². The van der Waals surface area contributed by atoms with Gasteiger partial charge in [-0.25, -0.2) is 0 Å². The van der Waals surface area contributed by atoms with Gasteiger partial charge < -0.3 is 9.30 Å². The van der Waals surface area contributed by atoms with Crippen LogP contribution in [0.5, 0.6) is 5.75 Å². The van der Waals surface area contributed by atoms with Crippen molar-refractivity contribution in [2.75, 3.05) is 7.11 Å². The zero-order chi connectivity index (χ0) is 17.8. The highest BCUT2D eigenvalue weighted by Gasteiger charge is 2.21. The average Bonchev–Trinajstić information content (AvgIpc) is 3.30. The van der Waals surface area contributed by atoms with E-state index in [2.05, 4.69) is 17.1 Å². The van der Waals surface area contributed by atoms with Crippen molar-refractivity contribution >= 4 is 28.9 Å². The van der Waals surface area contributed by atoms with Gasteiger partial charge >= 0.3 is 0 Å². The van der Waals surface area contributed by atoms with Gasteiger partial charge in [-0.15, -0.1) is 21.5 Å². The molecule has 0 amide bonds. The molecular weight excluding hydrogens is 354 g/mol. The van der Waals surface area contributed by atoms with Crippen LogP contribution in [-0.4, -0.2) is 32.9 Å². The number of rotatable bonds is 7. The lowest BCUT2D eigenvalue weighted by Gasteiger charge is -2.11. The fourth-order valence-corrected chi connectivity index (χ4v) is 4.16.